The van der Waals surface area contributed by atoms with Crippen molar-refractivity contribution in [1.29, 1.82) is 0 Å². The van der Waals surface area contributed by atoms with Crippen LogP contribution in [0.3, 0.4) is 0 Å². The minimum absolute atomic E-state index is 0.0986. The first-order valence-corrected chi connectivity index (χ1v) is 7.39. The van der Waals surface area contributed by atoms with Crippen molar-refractivity contribution >= 4 is 23.6 Å². The fourth-order valence-electron chi connectivity index (χ4n) is 1.77. The molecule has 1 unspecified atom stereocenters. The Morgan fingerprint density at radius 2 is 2.00 bits per heavy atom. The molecule has 0 spiro atoms. The van der Waals surface area contributed by atoms with Crippen molar-refractivity contribution in [2.45, 2.75) is 31.2 Å². The van der Waals surface area contributed by atoms with Gasteiger partial charge < -0.3 is 10.0 Å². The zero-order valence-electron chi connectivity index (χ0n) is 11.4. The van der Waals surface area contributed by atoms with E-state index in [4.69, 9.17) is 5.11 Å². The van der Waals surface area contributed by atoms with E-state index in [0.717, 1.165) is 11.3 Å². The number of carboxylic acid groups (broad SMARTS) is 1. The molecule has 0 radical (unpaired) electrons. The molecule has 1 rings (SSSR count). The summed E-state index contributed by atoms with van der Waals surface area (Å²) in [4.78, 5) is 25.7. The molecule has 5 heteroatoms. The minimum atomic E-state index is -0.990. The summed E-state index contributed by atoms with van der Waals surface area (Å²) in [5.74, 6) is -1.21. The average molecular weight is 281 g/mol. The van der Waals surface area contributed by atoms with E-state index in [1.165, 1.54) is 16.7 Å². The van der Waals surface area contributed by atoms with Crippen LogP contribution in [0.1, 0.15) is 30.6 Å². The molecular weight excluding hydrogens is 262 g/mol. The van der Waals surface area contributed by atoms with Gasteiger partial charge in [-0.25, -0.2) is 0 Å². The van der Waals surface area contributed by atoms with E-state index in [9.17, 15) is 9.59 Å². The van der Waals surface area contributed by atoms with E-state index >= 15 is 0 Å². The van der Waals surface area contributed by atoms with Gasteiger partial charge in [-0.05, 0) is 31.7 Å². The number of carboxylic acids is 1. The molecule has 1 aromatic rings. The number of nitrogens with zero attached hydrogens (tertiary/aromatic N) is 1. The van der Waals surface area contributed by atoms with Crippen molar-refractivity contribution in [2.75, 3.05) is 12.8 Å². The third kappa shape index (κ3) is 3.99. The largest absolute Gasteiger partial charge is 0.480 e. The molecule has 0 bridgehead atoms. The van der Waals surface area contributed by atoms with E-state index in [2.05, 4.69) is 0 Å². The molecule has 1 aromatic carbocycles. The van der Waals surface area contributed by atoms with E-state index in [1.54, 1.807) is 12.1 Å². The van der Waals surface area contributed by atoms with Crippen LogP contribution in [0.4, 0.5) is 0 Å². The van der Waals surface area contributed by atoms with Gasteiger partial charge in [-0.3, -0.25) is 9.59 Å². The quantitative estimate of drug-likeness (QED) is 0.815. The highest BCUT2D eigenvalue weighted by molar-refractivity contribution is 7.98. The highest BCUT2D eigenvalue weighted by atomic mass is 32.2. The Bertz CT molecular complexity index is 462. The molecule has 0 aromatic heterocycles. The van der Waals surface area contributed by atoms with Crippen LogP contribution >= 0.6 is 11.8 Å². The van der Waals surface area contributed by atoms with Crippen LogP contribution in [0.2, 0.25) is 0 Å². The monoisotopic (exact) mass is 281 g/mol. The highest BCUT2D eigenvalue weighted by Gasteiger charge is 2.24. The van der Waals surface area contributed by atoms with Crippen molar-refractivity contribution in [3.8, 4) is 0 Å². The molecule has 1 amide bonds. The number of hydrogen-bond donors (Lipinski definition) is 1. The Morgan fingerprint density at radius 1 is 1.37 bits per heavy atom. The lowest BCUT2D eigenvalue weighted by atomic mass is 10.1. The lowest BCUT2D eigenvalue weighted by molar-refractivity contribution is -0.138. The molecule has 19 heavy (non-hydrogen) atoms. The fraction of sp³-hybridized carbons (Fsp3) is 0.429. The molecule has 0 aliphatic carbocycles. The van der Waals surface area contributed by atoms with Gasteiger partial charge in [0.2, 0.25) is 0 Å². The molecule has 0 saturated carbocycles. The summed E-state index contributed by atoms with van der Waals surface area (Å²) in [5, 5.41) is 8.95. The number of carbonyl (C=O) groups excluding carboxylic acids is 1. The number of rotatable bonds is 6. The normalized spacial score (nSPS) is 11.9. The summed E-state index contributed by atoms with van der Waals surface area (Å²) < 4.78 is 0. The zero-order valence-corrected chi connectivity index (χ0v) is 12.2. The third-order valence-corrected chi connectivity index (χ3v) is 3.82. The predicted octanol–water partition coefficient (Wildman–Crippen LogP) is 2.73. The molecule has 0 fully saturated rings. The second-order valence-corrected chi connectivity index (χ2v) is 5.13. The van der Waals surface area contributed by atoms with Crippen molar-refractivity contribution in [3.63, 3.8) is 0 Å². The smallest absolute Gasteiger partial charge is 0.323 e. The standard InChI is InChI=1S/C14H19NO3S/c1-4-10(2)15(9-13(16)17)14(18)11-7-5-6-8-12(11)19-3/h5-8,10H,4,9H2,1-3H3,(H,16,17). The number of benzene rings is 1. The second-order valence-electron chi connectivity index (χ2n) is 4.28. The van der Waals surface area contributed by atoms with Gasteiger partial charge in [0.1, 0.15) is 6.54 Å². The Morgan fingerprint density at radius 3 is 2.53 bits per heavy atom. The summed E-state index contributed by atoms with van der Waals surface area (Å²) in [6.07, 6.45) is 2.62. The Kier molecular flexibility index (Phi) is 5.89. The van der Waals surface area contributed by atoms with Crippen LogP contribution in [0.15, 0.2) is 29.2 Å². The summed E-state index contributed by atoms with van der Waals surface area (Å²) in [5.41, 5.74) is 0.566. The van der Waals surface area contributed by atoms with E-state index < -0.39 is 5.97 Å². The Labute approximate surface area is 117 Å². The summed E-state index contributed by atoms with van der Waals surface area (Å²) in [6, 6.07) is 7.17. The van der Waals surface area contributed by atoms with Crippen LogP contribution in [-0.4, -0.2) is 40.7 Å². The maximum Gasteiger partial charge on any atom is 0.323 e. The van der Waals surface area contributed by atoms with Gasteiger partial charge in [0.25, 0.3) is 5.91 Å². The topological polar surface area (TPSA) is 57.6 Å². The van der Waals surface area contributed by atoms with Gasteiger partial charge in [0.05, 0.1) is 5.56 Å². The minimum Gasteiger partial charge on any atom is -0.480 e. The fourth-order valence-corrected chi connectivity index (χ4v) is 2.36. The molecule has 0 heterocycles. The third-order valence-electron chi connectivity index (χ3n) is 3.03. The SMILES string of the molecule is CCC(C)N(CC(=O)O)C(=O)c1ccccc1SC. The summed E-state index contributed by atoms with van der Waals surface area (Å²) in [6.45, 7) is 3.53. The number of aliphatic carboxylic acids is 1. The van der Waals surface area contributed by atoms with E-state index in [0.29, 0.717) is 5.56 Å². The van der Waals surface area contributed by atoms with E-state index in [-0.39, 0.29) is 18.5 Å². The van der Waals surface area contributed by atoms with Crippen LogP contribution in [0.25, 0.3) is 0 Å². The first-order chi connectivity index (χ1) is 9.01. The van der Waals surface area contributed by atoms with Gasteiger partial charge in [0.15, 0.2) is 0 Å². The first-order valence-electron chi connectivity index (χ1n) is 6.17. The predicted molar refractivity (Wildman–Crippen MR) is 76.6 cm³/mol. The van der Waals surface area contributed by atoms with Gasteiger partial charge >= 0.3 is 5.97 Å². The van der Waals surface area contributed by atoms with E-state index in [1.807, 2.05) is 32.2 Å². The van der Waals surface area contributed by atoms with Gasteiger partial charge in [0, 0.05) is 10.9 Å². The molecule has 4 nitrogen and oxygen atoms in total. The number of carbonyl (C=O) groups is 2. The lowest BCUT2D eigenvalue weighted by Gasteiger charge is -2.27. The molecule has 1 N–H and O–H groups in total. The van der Waals surface area contributed by atoms with Crippen LogP contribution in [-0.2, 0) is 4.79 Å². The van der Waals surface area contributed by atoms with Gasteiger partial charge in [-0.15, -0.1) is 11.8 Å². The Balaban J connectivity index is 3.08. The van der Waals surface area contributed by atoms with Crippen LogP contribution < -0.4 is 0 Å². The number of amides is 1. The molecule has 1 atom stereocenters. The molecule has 0 aliphatic heterocycles. The van der Waals surface area contributed by atoms with Crippen molar-refractivity contribution in [2.24, 2.45) is 0 Å². The zero-order chi connectivity index (χ0) is 14.4. The molecule has 104 valence electrons. The lowest BCUT2D eigenvalue weighted by Crippen LogP contribution is -2.42. The second kappa shape index (κ2) is 7.19. The summed E-state index contributed by atoms with van der Waals surface area (Å²) >= 11 is 1.48. The highest BCUT2D eigenvalue weighted by Crippen LogP contribution is 2.22. The Hall–Kier alpha value is -1.49. The summed E-state index contributed by atoms with van der Waals surface area (Å²) in [7, 11) is 0. The number of thioether (sulfide) groups is 1. The maximum atomic E-state index is 12.5. The molecule has 0 saturated heterocycles. The van der Waals surface area contributed by atoms with Crippen molar-refractivity contribution in [1.82, 2.24) is 4.90 Å². The van der Waals surface area contributed by atoms with Gasteiger partial charge in [-0.1, -0.05) is 19.1 Å². The maximum absolute atomic E-state index is 12.5. The molecule has 0 aliphatic rings. The van der Waals surface area contributed by atoms with Crippen molar-refractivity contribution in [3.05, 3.63) is 29.8 Å². The average Bonchev–Trinajstić information content (AvgIpc) is 2.42. The van der Waals surface area contributed by atoms with Crippen LogP contribution in [0, 0.1) is 0 Å². The van der Waals surface area contributed by atoms with Crippen molar-refractivity contribution < 1.29 is 14.7 Å². The number of hydrogen-bond acceptors (Lipinski definition) is 3. The first kappa shape index (κ1) is 15.6. The van der Waals surface area contributed by atoms with Gasteiger partial charge in [-0.2, -0.15) is 0 Å². The molecular formula is C14H19NO3S. The van der Waals surface area contributed by atoms with Crippen LogP contribution in [0.5, 0.6) is 0 Å².